The molecule has 0 saturated heterocycles. The number of alkyl halides is 1. The van der Waals surface area contributed by atoms with Crippen molar-refractivity contribution in [2.75, 3.05) is 5.33 Å². The molecule has 164 valence electrons. The Morgan fingerprint density at radius 1 is 0.556 bits per heavy atom. The molecule has 0 aromatic rings. The normalized spacial score (nSPS) is 15.0. The molecule has 0 aliphatic heterocycles. The van der Waals surface area contributed by atoms with E-state index in [1.807, 2.05) is 0 Å². The van der Waals surface area contributed by atoms with Crippen molar-refractivity contribution in [2.45, 2.75) is 149 Å². The third kappa shape index (κ3) is 19.5. The first-order chi connectivity index (χ1) is 13.1. The lowest BCUT2D eigenvalue weighted by Gasteiger charge is -2.26. The Bertz CT molecular complexity index is 266. The van der Waals surface area contributed by atoms with Gasteiger partial charge in [-0.3, -0.25) is 0 Å². The summed E-state index contributed by atoms with van der Waals surface area (Å²) < 4.78 is 12.7. The van der Waals surface area contributed by atoms with Gasteiger partial charge in [-0.1, -0.05) is 100 Å². The van der Waals surface area contributed by atoms with Gasteiger partial charge < -0.3 is 9.47 Å². The van der Waals surface area contributed by atoms with Gasteiger partial charge in [0, 0.05) is 5.33 Å². The van der Waals surface area contributed by atoms with E-state index in [0.717, 1.165) is 24.6 Å². The van der Waals surface area contributed by atoms with E-state index in [0.29, 0.717) is 12.2 Å². The molecule has 0 spiro atoms. The zero-order valence-electron chi connectivity index (χ0n) is 18.9. The minimum absolute atomic E-state index is 0.0106. The first-order valence-electron chi connectivity index (χ1n) is 12.0. The summed E-state index contributed by atoms with van der Waals surface area (Å²) in [6.07, 6.45) is 21.0. The standard InChI is InChI=1S/C24H49BrO2/c1-5-7-9-14-18-22(3)26-24(20-16-12-11-13-17-21-25)27-23(4)19-15-10-8-6-2/h22-24H,5-21H2,1-4H3. The van der Waals surface area contributed by atoms with Crippen LogP contribution in [0.3, 0.4) is 0 Å². The van der Waals surface area contributed by atoms with Crippen molar-refractivity contribution in [3.05, 3.63) is 0 Å². The molecule has 0 aliphatic rings. The van der Waals surface area contributed by atoms with Crippen molar-refractivity contribution in [1.29, 1.82) is 0 Å². The van der Waals surface area contributed by atoms with Gasteiger partial charge in [-0.05, 0) is 46.0 Å². The SMILES string of the molecule is CCCCCCC(C)OC(CCCCCCCBr)OC(C)CCCCCC. The van der Waals surface area contributed by atoms with Gasteiger partial charge in [0.15, 0.2) is 6.29 Å². The Morgan fingerprint density at radius 3 is 1.44 bits per heavy atom. The number of unbranched alkanes of at least 4 members (excludes halogenated alkanes) is 10. The second-order valence-corrected chi connectivity index (χ2v) is 9.06. The molecule has 0 rings (SSSR count). The molecular formula is C24H49BrO2. The van der Waals surface area contributed by atoms with Crippen molar-refractivity contribution in [1.82, 2.24) is 0 Å². The summed E-state index contributed by atoms with van der Waals surface area (Å²) in [5, 5.41) is 1.13. The molecule has 0 saturated carbocycles. The predicted molar refractivity (Wildman–Crippen MR) is 124 cm³/mol. The van der Waals surface area contributed by atoms with E-state index in [4.69, 9.17) is 9.47 Å². The number of hydrogen-bond donors (Lipinski definition) is 0. The maximum absolute atomic E-state index is 6.33. The lowest BCUT2D eigenvalue weighted by molar-refractivity contribution is -0.193. The highest BCUT2D eigenvalue weighted by molar-refractivity contribution is 9.09. The highest BCUT2D eigenvalue weighted by Crippen LogP contribution is 2.19. The Morgan fingerprint density at radius 2 is 0.963 bits per heavy atom. The van der Waals surface area contributed by atoms with Gasteiger partial charge >= 0.3 is 0 Å². The Labute approximate surface area is 179 Å². The molecule has 2 nitrogen and oxygen atoms in total. The van der Waals surface area contributed by atoms with Gasteiger partial charge in [0.05, 0.1) is 12.2 Å². The van der Waals surface area contributed by atoms with Crippen LogP contribution in [0.4, 0.5) is 0 Å². The molecule has 0 amide bonds. The number of rotatable bonds is 21. The van der Waals surface area contributed by atoms with Gasteiger partial charge in [0.1, 0.15) is 0 Å². The Balaban J connectivity index is 4.17. The van der Waals surface area contributed by atoms with E-state index in [2.05, 4.69) is 43.6 Å². The fourth-order valence-electron chi connectivity index (χ4n) is 3.48. The third-order valence-electron chi connectivity index (χ3n) is 5.27. The predicted octanol–water partition coefficient (Wildman–Crippen LogP) is 8.80. The quantitative estimate of drug-likeness (QED) is 0.0990. The molecule has 0 N–H and O–H groups in total. The zero-order chi connectivity index (χ0) is 20.2. The van der Waals surface area contributed by atoms with Gasteiger partial charge in [-0.2, -0.15) is 0 Å². The monoisotopic (exact) mass is 448 g/mol. The summed E-state index contributed by atoms with van der Waals surface area (Å²) in [6.45, 7) is 8.99. The van der Waals surface area contributed by atoms with Crippen LogP contribution >= 0.6 is 15.9 Å². The van der Waals surface area contributed by atoms with Crippen molar-refractivity contribution >= 4 is 15.9 Å². The molecule has 0 heterocycles. The molecular weight excluding hydrogens is 400 g/mol. The number of halogens is 1. The van der Waals surface area contributed by atoms with Crippen molar-refractivity contribution in [3.63, 3.8) is 0 Å². The fourth-order valence-corrected chi connectivity index (χ4v) is 3.87. The van der Waals surface area contributed by atoms with E-state index in [-0.39, 0.29) is 6.29 Å². The van der Waals surface area contributed by atoms with Crippen LogP contribution in [-0.2, 0) is 9.47 Å². The fraction of sp³-hybridized carbons (Fsp3) is 1.00. The topological polar surface area (TPSA) is 18.5 Å². The van der Waals surface area contributed by atoms with Gasteiger partial charge in [-0.25, -0.2) is 0 Å². The molecule has 0 bridgehead atoms. The molecule has 0 aliphatic carbocycles. The largest absolute Gasteiger partial charge is 0.350 e. The van der Waals surface area contributed by atoms with E-state index < -0.39 is 0 Å². The van der Waals surface area contributed by atoms with Gasteiger partial charge in [0.25, 0.3) is 0 Å². The summed E-state index contributed by atoms with van der Waals surface area (Å²) in [6, 6.07) is 0. The third-order valence-corrected chi connectivity index (χ3v) is 5.83. The van der Waals surface area contributed by atoms with E-state index in [9.17, 15) is 0 Å². The van der Waals surface area contributed by atoms with Crippen LogP contribution in [-0.4, -0.2) is 23.8 Å². The zero-order valence-corrected chi connectivity index (χ0v) is 20.5. The molecule has 3 heteroatoms. The summed E-state index contributed by atoms with van der Waals surface area (Å²) in [5.41, 5.74) is 0. The molecule has 0 fully saturated rings. The van der Waals surface area contributed by atoms with Gasteiger partial charge in [-0.15, -0.1) is 0 Å². The van der Waals surface area contributed by atoms with E-state index in [1.54, 1.807) is 0 Å². The minimum Gasteiger partial charge on any atom is -0.350 e. The van der Waals surface area contributed by atoms with Crippen LogP contribution in [0.5, 0.6) is 0 Å². The van der Waals surface area contributed by atoms with Crippen LogP contribution in [0.2, 0.25) is 0 Å². The van der Waals surface area contributed by atoms with E-state index >= 15 is 0 Å². The highest BCUT2D eigenvalue weighted by atomic mass is 79.9. The van der Waals surface area contributed by atoms with Crippen LogP contribution in [0.1, 0.15) is 130 Å². The van der Waals surface area contributed by atoms with Crippen LogP contribution in [0.25, 0.3) is 0 Å². The lowest BCUT2D eigenvalue weighted by atomic mass is 10.1. The Kier molecular flexibility index (Phi) is 21.4. The van der Waals surface area contributed by atoms with Crippen molar-refractivity contribution in [2.24, 2.45) is 0 Å². The Hall–Kier alpha value is 0.400. The second kappa shape index (κ2) is 21.1. The first kappa shape index (κ1) is 27.4. The lowest BCUT2D eigenvalue weighted by Crippen LogP contribution is -2.27. The highest BCUT2D eigenvalue weighted by Gasteiger charge is 2.17. The minimum atomic E-state index is -0.0106. The maximum atomic E-state index is 6.33. The first-order valence-corrected chi connectivity index (χ1v) is 13.1. The summed E-state index contributed by atoms with van der Waals surface area (Å²) >= 11 is 3.52. The summed E-state index contributed by atoms with van der Waals surface area (Å²) in [5.74, 6) is 0. The number of hydrogen-bond acceptors (Lipinski definition) is 2. The molecule has 2 unspecified atom stereocenters. The maximum Gasteiger partial charge on any atom is 0.158 e. The molecule has 0 radical (unpaired) electrons. The molecule has 0 aromatic carbocycles. The van der Waals surface area contributed by atoms with Crippen molar-refractivity contribution < 1.29 is 9.47 Å². The van der Waals surface area contributed by atoms with Crippen LogP contribution in [0.15, 0.2) is 0 Å². The van der Waals surface area contributed by atoms with Crippen molar-refractivity contribution in [3.8, 4) is 0 Å². The smallest absolute Gasteiger partial charge is 0.158 e. The molecule has 0 aromatic heterocycles. The summed E-state index contributed by atoms with van der Waals surface area (Å²) in [4.78, 5) is 0. The van der Waals surface area contributed by atoms with Crippen LogP contribution in [0, 0.1) is 0 Å². The molecule has 27 heavy (non-hydrogen) atoms. The summed E-state index contributed by atoms with van der Waals surface area (Å²) in [7, 11) is 0. The van der Waals surface area contributed by atoms with Gasteiger partial charge in [0.2, 0.25) is 0 Å². The number of ether oxygens (including phenoxy) is 2. The van der Waals surface area contributed by atoms with Crippen LogP contribution < -0.4 is 0 Å². The average Bonchev–Trinajstić information content (AvgIpc) is 2.65. The molecule has 2 atom stereocenters. The second-order valence-electron chi connectivity index (χ2n) is 8.27. The van der Waals surface area contributed by atoms with E-state index in [1.165, 1.54) is 83.5 Å². The average molecular weight is 450 g/mol.